The lowest BCUT2D eigenvalue weighted by atomic mass is 10.1. The number of thiophene rings is 1. The predicted molar refractivity (Wildman–Crippen MR) is 113 cm³/mol. The van der Waals surface area contributed by atoms with Gasteiger partial charge in [0.2, 0.25) is 0 Å². The minimum atomic E-state index is -0.413. The lowest BCUT2D eigenvalue weighted by molar-refractivity contribution is -0.137. The third-order valence-corrected chi connectivity index (χ3v) is 5.54. The summed E-state index contributed by atoms with van der Waals surface area (Å²) in [5.41, 5.74) is 1.80. The van der Waals surface area contributed by atoms with E-state index in [4.69, 9.17) is 16.3 Å². The number of methoxy groups -OCH3 is 1. The van der Waals surface area contributed by atoms with Crippen LogP contribution in [0.1, 0.15) is 10.4 Å². The summed E-state index contributed by atoms with van der Waals surface area (Å²) in [6, 6.07) is 12.3. The number of amides is 2. The highest BCUT2D eigenvalue weighted by molar-refractivity contribution is 7.11. The number of rotatable bonds is 6. The first-order valence-corrected chi connectivity index (χ1v) is 9.98. The number of nitrogens with zero attached hydrogens (tertiary/aromatic N) is 2. The normalized spacial score (nSPS) is 13.9. The molecule has 0 fully saturated rings. The number of anilines is 1. The van der Waals surface area contributed by atoms with Gasteiger partial charge in [-0.15, -0.1) is 11.3 Å². The van der Waals surface area contributed by atoms with Crippen LogP contribution in [0.4, 0.5) is 5.69 Å². The van der Waals surface area contributed by atoms with Gasteiger partial charge >= 0.3 is 0 Å². The number of imide groups is 1. The highest BCUT2D eigenvalue weighted by Crippen LogP contribution is 2.36. The second-order valence-corrected chi connectivity index (χ2v) is 7.64. The maximum atomic E-state index is 13.2. The topological polar surface area (TPSA) is 71.5 Å². The number of nitrogens with one attached hydrogen (secondary N) is 1. The fraction of sp³-hybridized carbons (Fsp3) is 0.0952. The molecule has 0 saturated heterocycles. The van der Waals surface area contributed by atoms with Gasteiger partial charge in [-0.05, 0) is 41.3 Å². The minimum Gasteiger partial charge on any atom is -0.495 e. The van der Waals surface area contributed by atoms with E-state index in [1.165, 1.54) is 23.3 Å². The molecule has 0 saturated carbocycles. The number of pyridine rings is 1. The summed E-state index contributed by atoms with van der Waals surface area (Å²) in [6.07, 6.45) is 3.28. The van der Waals surface area contributed by atoms with E-state index < -0.39 is 5.91 Å². The van der Waals surface area contributed by atoms with Gasteiger partial charge in [0.05, 0.1) is 24.9 Å². The van der Waals surface area contributed by atoms with Crippen LogP contribution in [0.3, 0.4) is 0 Å². The minimum absolute atomic E-state index is 0.137. The van der Waals surface area contributed by atoms with Gasteiger partial charge in [0, 0.05) is 22.3 Å². The number of carbonyl (C=O) groups excluding carboxylic acids is 2. The van der Waals surface area contributed by atoms with Gasteiger partial charge < -0.3 is 10.1 Å². The Bertz CT molecular complexity index is 1100. The Hall–Kier alpha value is -3.16. The number of aromatic nitrogens is 1. The SMILES string of the molecule is COc1ccc(Cl)cc1NC1=C(c2cccs2)C(=O)N(Cc2cccnc2)C1=O. The molecule has 0 spiro atoms. The summed E-state index contributed by atoms with van der Waals surface area (Å²) < 4.78 is 5.36. The van der Waals surface area contributed by atoms with Crippen LogP contribution < -0.4 is 10.1 Å². The molecule has 2 amide bonds. The first kappa shape index (κ1) is 19.2. The van der Waals surface area contributed by atoms with Gasteiger partial charge in [0.15, 0.2) is 0 Å². The van der Waals surface area contributed by atoms with E-state index in [0.29, 0.717) is 26.9 Å². The van der Waals surface area contributed by atoms with Crippen molar-refractivity contribution in [3.8, 4) is 5.75 Å². The summed E-state index contributed by atoms with van der Waals surface area (Å²) in [6.45, 7) is 0.137. The summed E-state index contributed by atoms with van der Waals surface area (Å²) in [7, 11) is 1.53. The molecule has 0 aliphatic carbocycles. The van der Waals surface area contributed by atoms with Crippen LogP contribution in [0.2, 0.25) is 5.02 Å². The standard InChI is InChI=1S/C21H16ClN3O3S/c1-28-16-7-6-14(22)10-15(16)24-19-18(17-5-3-9-29-17)20(26)25(21(19)27)12-13-4-2-8-23-11-13/h2-11,24H,12H2,1H3. The molecule has 146 valence electrons. The van der Waals surface area contributed by atoms with Crippen molar-refractivity contribution in [3.05, 3.63) is 81.4 Å². The monoisotopic (exact) mass is 425 g/mol. The Morgan fingerprint density at radius 1 is 1.17 bits per heavy atom. The molecule has 3 heterocycles. The molecule has 0 unspecified atom stereocenters. The Balaban J connectivity index is 1.75. The average Bonchev–Trinajstić information content (AvgIpc) is 3.32. The number of benzene rings is 1. The lowest BCUT2D eigenvalue weighted by Gasteiger charge is -2.16. The summed E-state index contributed by atoms with van der Waals surface area (Å²) in [5.74, 6) is -0.257. The lowest BCUT2D eigenvalue weighted by Crippen LogP contribution is -2.32. The average molecular weight is 426 g/mol. The van der Waals surface area contributed by atoms with Gasteiger partial charge in [-0.25, -0.2) is 0 Å². The zero-order valence-electron chi connectivity index (χ0n) is 15.4. The Morgan fingerprint density at radius 2 is 2.03 bits per heavy atom. The van der Waals surface area contributed by atoms with Crippen LogP contribution in [-0.4, -0.2) is 28.8 Å². The number of halogens is 1. The van der Waals surface area contributed by atoms with Crippen molar-refractivity contribution in [2.45, 2.75) is 6.54 Å². The Labute approximate surface area is 176 Å². The van der Waals surface area contributed by atoms with E-state index in [9.17, 15) is 9.59 Å². The number of ether oxygens (including phenoxy) is 1. The third-order valence-electron chi connectivity index (χ3n) is 4.42. The molecule has 8 heteroatoms. The Kier molecular flexibility index (Phi) is 5.33. The molecule has 2 aromatic heterocycles. The van der Waals surface area contributed by atoms with Crippen molar-refractivity contribution in [2.75, 3.05) is 12.4 Å². The first-order valence-electron chi connectivity index (χ1n) is 8.72. The van der Waals surface area contributed by atoms with E-state index in [2.05, 4.69) is 10.3 Å². The van der Waals surface area contributed by atoms with Crippen LogP contribution in [0.25, 0.3) is 5.57 Å². The molecule has 0 atom stereocenters. The molecule has 1 aliphatic heterocycles. The van der Waals surface area contributed by atoms with Gasteiger partial charge in [-0.3, -0.25) is 19.5 Å². The van der Waals surface area contributed by atoms with Gasteiger partial charge in [0.25, 0.3) is 11.8 Å². The molecule has 4 rings (SSSR count). The quantitative estimate of drug-likeness (QED) is 0.599. The smallest absolute Gasteiger partial charge is 0.278 e. The van der Waals surface area contributed by atoms with Crippen LogP contribution in [0.5, 0.6) is 5.75 Å². The van der Waals surface area contributed by atoms with Crippen LogP contribution in [0, 0.1) is 0 Å². The third kappa shape index (κ3) is 3.74. The molecule has 0 radical (unpaired) electrons. The molecule has 1 aromatic carbocycles. The molecule has 1 N–H and O–H groups in total. The number of carbonyl (C=O) groups is 2. The Morgan fingerprint density at radius 3 is 2.72 bits per heavy atom. The molecule has 0 bridgehead atoms. The molecular formula is C21H16ClN3O3S. The zero-order chi connectivity index (χ0) is 20.4. The van der Waals surface area contributed by atoms with Crippen molar-refractivity contribution in [1.82, 2.24) is 9.88 Å². The van der Waals surface area contributed by atoms with Crippen molar-refractivity contribution in [1.29, 1.82) is 0 Å². The molecule has 29 heavy (non-hydrogen) atoms. The fourth-order valence-corrected chi connectivity index (χ4v) is 4.01. The summed E-state index contributed by atoms with van der Waals surface area (Å²) >= 11 is 7.51. The predicted octanol–water partition coefficient (Wildman–Crippen LogP) is 4.20. The maximum Gasteiger partial charge on any atom is 0.278 e. The van der Waals surface area contributed by atoms with Crippen molar-refractivity contribution in [2.24, 2.45) is 0 Å². The van der Waals surface area contributed by atoms with Crippen molar-refractivity contribution >= 4 is 46.0 Å². The van der Waals surface area contributed by atoms with Gasteiger partial charge in [-0.2, -0.15) is 0 Å². The van der Waals surface area contributed by atoms with Gasteiger partial charge in [0.1, 0.15) is 11.4 Å². The van der Waals surface area contributed by atoms with E-state index in [-0.39, 0.29) is 18.1 Å². The highest BCUT2D eigenvalue weighted by Gasteiger charge is 2.40. The number of hydrogen-bond acceptors (Lipinski definition) is 6. The largest absolute Gasteiger partial charge is 0.495 e. The highest BCUT2D eigenvalue weighted by atomic mass is 35.5. The zero-order valence-corrected chi connectivity index (χ0v) is 17.0. The fourth-order valence-electron chi connectivity index (χ4n) is 3.07. The van der Waals surface area contributed by atoms with E-state index >= 15 is 0 Å². The second-order valence-electron chi connectivity index (χ2n) is 6.25. The second kappa shape index (κ2) is 8.06. The molecular weight excluding hydrogens is 410 g/mol. The van der Waals surface area contributed by atoms with E-state index in [0.717, 1.165) is 5.56 Å². The summed E-state index contributed by atoms with van der Waals surface area (Å²) in [5, 5.41) is 5.43. The van der Waals surface area contributed by atoms with Crippen LogP contribution >= 0.6 is 22.9 Å². The van der Waals surface area contributed by atoms with E-state index in [1.54, 1.807) is 36.7 Å². The van der Waals surface area contributed by atoms with Crippen molar-refractivity contribution in [3.63, 3.8) is 0 Å². The van der Waals surface area contributed by atoms with Crippen LogP contribution in [-0.2, 0) is 16.1 Å². The molecule has 3 aromatic rings. The summed E-state index contributed by atoms with van der Waals surface area (Å²) in [4.78, 5) is 32.4. The molecule has 6 nitrogen and oxygen atoms in total. The molecule has 1 aliphatic rings. The first-order chi connectivity index (χ1) is 14.1. The maximum absolute atomic E-state index is 13.2. The number of hydrogen-bond donors (Lipinski definition) is 1. The van der Waals surface area contributed by atoms with Gasteiger partial charge in [-0.1, -0.05) is 23.7 Å². The van der Waals surface area contributed by atoms with Crippen LogP contribution in [0.15, 0.2) is 65.9 Å². The van der Waals surface area contributed by atoms with E-state index in [1.807, 2.05) is 23.6 Å². The van der Waals surface area contributed by atoms with Crippen molar-refractivity contribution < 1.29 is 14.3 Å².